The van der Waals surface area contributed by atoms with Crippen LogP contribution in [0.5, 0.6) is 11.5 Å². The molecule has 2 rings (SSSR count). The summed E-state index contributed by atoms with van der Waals surface area (Å²) in [5.41, 5.74) is 0.284. The summed E-state index contributed by atoms with van der Waals surface area (Å²) in [6.07, 6.45) is 2.04. The third kappa shape index (κ3) is 4.33. The number of aromatic nitrogens is 1. The Hall–Kier alpha value is -3.03. The van der Waals surface area contributed by atoms with Gasteiger partial charge in [0.05, 0.1) is 14.2 Å². The van der Waals surface area contributed by atoms with E-state index in [4.69, 9.17) is 9.47 Å². The number of amides is 2. The summed E-state index contributed by atoms with van der Waals surface area (Å²) in [6.45, 7) is 3.69. The largest absolute Gasteiger partial charge is 0.496 e. The lowest BCUT2D eigenvalue weighted by atomic mass is 10.1. The number of anilines is 1. The van der Waals surface area contributed by atoms with E-state index in [1.54, 1.807) is 18.2 Å². The summed E-state index contributed by atoms with van der Waals surface area (Å²) < 4.78 is 15.3. The molecule has 26 heavy (non-hydrogen) atoms. The summed E-state index contributed by atoms with van der Waals surface area (Å²) in [6, 6.07) is 6.45. The fourth-order valence-electron chi connectivity index (χ4n) is 2.47. The van der Waals surface area contributed by atoms with Crippen LogP contribution in [0, 0.1) is 0 Å². The van der Waals surface area contributed by atoms with E-state index < -0.39 is 0 Å². The molecule has 2 aromatic rings. The van der Waals surface area contributed by atoms with Crippen LogP contribution in [0.2, 0.25) is 0 Å². The van der Waals surface area contributed by atoms with Crippen molar-refractivity contribution in [3.05, 3.63) is 36.1 Å². The van der Waals surface area contributed by atoms with Gasteiger partial charge in [0.25, 0.3) is 5.91 Å². The van der Waals surface area contributed by atoms with Crippen molar-refractivity contribution in [1.82, 2.24) is 10.1 Å². The standard InChI is InChI=1S/C18H23N3O5/c1-5-12(2)21(11-16(22)19-15-9-10-26-20-15)18(23)17-13(24-3)7-6-8-14(17)25-4/h6-10,12H,5,11H2,1-4H3,(H,19,20,22). The van der Waals surface area contributed by atoms with Crippen molar-refractivity contribution in [2.75, 3.05) is 26.1 Å². The number of nitrogens with one attached hydrogen (secondary N) is 1. The molecular weight excluding hydrogens is 338 g/mol. The van der Waals surface area contributed by atoms with Gasteiger partial charge < -0.3 is 24.2 Å². The maximum absolute atomic E-state index is 13.2. The Morgan fingerprint density at radius 3 is 2.38 bits per heavy atom. The summed E-state index contributed by atoms with van der Waals surface area (Å²) in [4.78, 5) is 27.0. The van der Waals surface area contributed by atoms with Gasteiger partial charge in [0.1, 0.15) is 29.9 Å². The SMILES string of the molecule is CCC(C)N(CC(=O)Nc1ccon1)C(=O)c1c(OC)cccc1OC. The van der Waals surface area contributed by atoms with Crippen LogP contribution in [0.25, 0.3) is 0 Å². The number of nitrogens with zero attached hydrogens (tertiary/aromatic N) is 2. The first-order valence-corrected chi connectivity index (χ1v) is 8.24. The van der Waals surface area contributed by atoms with E-state index in [9.17, 15) is 9.59 Å². The Morgan fingerprint density at radius 1 is 1.23 bits per heavy atom. The van der Waals surface area contributed by atoms with Crippen LogP contribution in [0.1, 0.15) is 30.6 Å². The molecule has 0 saturated carbocycles. The van der Waals surface area contributed by atoms with Gasteiger partial charge in [0.2, 0.25) is 5.91 Å². The number of carbonyl (C=O) groups is 2. The van der Waals surface area contributed by atoms with E-state index in [1.165, 1.54) is 31.4 Å². The van der Waals surface area contributed by atoms with E-state index in [2.05, 4.69) is 15.0 Å². The third-order valence-electron chi connectivity index (χ3n) is 4.04. The quantitative estimate of drug-likeness (QED) is 0.777. The second kappa shape index (κ2) is 8.89. The monoisotopic (exact) mass is 361 g/mol. The van der Waals surface area contributed by atoms with Gasteiger partial charge in [-0.1, -0.05) is 18.1 Å². The lowest BCUT2D eigenvalue weighted by Gasteiger charge is -2.29. The molecule has 0 bridgehead atoms. The van der Waals surface area contributed by atoms with E-state index in [0.29, 0.717) is 23.7 Å². The molecule has 0 radical (unpaired) electrons. The average Bonchev–Trinajstić information content (AvgIpc) is 3.16. The van der Waals surface area contributed by atoms with Crippen LogP contribution < -0.4 is 14.8 Å². The molecule has 0 spiro atoms. The van der Waals surface area contributed by atoms with E-state index in [-0.39, 0.29) is 30.0 Å². The van der Waals surface area contributed by atoms with E-state index in [0.717, 1.165) is 0 Å². The van der Waals surface area contributed by atoms with Crippen molar-refractivity contribution in [2.45, 2.75) is 26.3 Å². The topological polar surface area (TPSA) is 93.9 Å². The highest BCUT2D eigenvalue weighted by Gasteiger charge is 2.28. The molecule has 1 atom stereocenters. The van der Waals surface area contributed by atoms with Gasteiger partial charge in [-0.05, 0) is 25.5 Å². The van der Waals surface area contributed by atoms with Gasteiger partial charge in [-0.25, -0.2) is 0 Å². The van der Waals surface area contributed by atoms with Crippen LogP contribution in [-0.2, 0) is 4.79 Å². The van der Waals surface area contributed by atoms with Crippen molar-refractivity contribution in [3.8, 4) is 11.5 Å². The zero-order valence-electron chi connectivity index (χ0n) is 15.3. The Balaban J connectivity index is 2.29. The number of ether oxygens (including phenoxy) is 2. The van der Waals surface area contributed by atoms with Crippen LogP contribution in [0.4, 0.5) is 5.82 Å². The van der Waals surface area contributed by atoms with Gasteiger partial charge in [-0.3, -0.25) is 9.59 Å². The molecule has 0 aliphatic carbocycles. The molecule has 8 nitrogen and oxygen atoms in total. The molecule has 1 heterocycles. The van der Waals surface area contributed by atoms with Crippen LogP contribution in [0.3, 0.4) is 0 Å². The third-order valence-corrected chi connectivity index (χ3v) is 4.04. The molecule has 8 heteroatoms. The molecule has 0 aliphatic rings. The first-order valence-electron chi connectivity index (χ1n) is 8.24. The lowest BCUT2D eigenvalue weighted by molar-refractivity contribution is -0.117. The van der Waals surface area contributed by atoms with Crippen molar-refractivity contribution in [2.24, 2.45) is 0 Å². The molecule has 0 saturated heterocycles. The smallest absolute Gasteiger partial charge is 0.262 e. The van der Waals surface area contributed by atoms with Crippen molar-refractivity contribution in [1.29, 1.82) is 0 Å². The van der Waals surface area contributed by atoms with Crippen LogP contribution in [0.15, 0.2) is 35.1 Å². The Kier molecular flexibility index (Phi) is 6.60. The minimum absolute atomic E-state index is 0.137. The van der Waals surface area contributed by atoms with Crippen molar-refractivity contribution in [3.63, 3.8) is 0 Å². The molecule has 1 aromatic carbocycles. The first kappa shape index (κ1) is 19.3. The summed E-state index contributed by atoms with van der Waals surface area (Å²) in [5, 5.41) is 6.23. The van der Waals surface area contributed by atoms with E-state index >= 15 is 0 Å². The molecular formula is C18H23N3O5. The zero-order chi connectivity index (χ0) is 19.1. The number of methoxy groups -OCH3 is 2. The van der Waals surface area contributed by atoms with Crippen LogP contribution in [-0.4, -0.2) is 48.7 Å². The minimum Gasteiger partial charge on any atom is -0.496 e. The molecule has 1 unspecified atom stereocenters. The summed E-state index contributed by atoms with van der Waals surface area (Å²) in [5.74, 6) is 0.353. The Morgan fingerprint density at radius 2 is 1.88 bits per heavy atom. The second-order valence-corrected chi connectivity index (χ2v) is 5.66. The number of rotatable bonds is 8. The maximum atomic E-state index is 13.2. The molecule has 140 valence electrons. The minimum atomic E-state index is -0.374. The zero-order valence-corrected chi connectivity index (χ0v) is 15.3. The van der Waals surface area contributed by atoms with Gasteiger partial charge in [-0.2, -0.15) is 0 Å². The number of benzene rings is 1. The molecule has 1 aromatic heterocycles. The first-order chi connectivity index (χ1) is 12.5. The van der Waals surface area contributed by atoms with Gasteiger partial charge in [0, 0.05) is 12.1 Å². The highest BCUT2D eigenvalue weighted by atomic mass is 16.5. The molecule has 1 N–H and O–H groups in total. The predicted molar refractivity (Wildman–Crippen MR) is 95.5 cm³/mol. The second-order valence-electron chi connectivity index (χ2n) is 5.66. The van der Waals surface area contributed by atoms with Gasteiger partial charge >= 0.3 is 0 Å². The number of hydrogen-bond acceptors (Lipinski definition) is 6. The molecule has 0 fully saturated rings. The number of carbonyl (C=O) groups excluding carboxylic acids is 2. The summed E-state index contributed by atoms with van der Waals surface area (Å²) >= 11 is 0. The van der Waals surface area contributed by atoms with Crippen molar-refractivity contribution < 1.29 is 23.6 Å². The predicted octanol–water partition coefficient (Wildman–Crippen LogP) is 2.57. The summed E-state index contributed by atoms with van der Waals surface area (Å²) in [7, 11) is 2.97. The lowest BCUT2D eigenvalue weighted by Crippen LogP contribution is -2.43. The van der Waals surface area contributed by atoms with Crippen LogP contribution >= 0.6 is 0 Å². The average molecular weight is 361 g/mol. The van der Waals surface area contributed by atoms with Crippen molar-refractivity contribution >= 4 is 17.6 Å². The fourth-order valence-corrected chi connectivity index (χ4v) is 2.47. The molecule has 2 amide bonds. The molecule has 0 aliphatic heterocycles. The highest BCUT2D eigenvalue weighted by Crippen LogP contribution is 2.30. The maximum Gasteiger partial charge on any atom is 0.262 e. The van der Waals surface area contributed by atoms with Gasteiger partial charge in [0.15, 0.2) is 5.82 Å². The number of hydrogen-bond donors (Lipinski definition) is 1. The normalized spacial score (nSPS) is 11.5. The Labute approximate surface area is 152 Å². The Bertz CT molecular complexity index is 723. The van der Waals surface area contributed by atoms with Gasteiger partial charge in [-0.15, -0.1) is 0 Å². The van der Waals surface area contributed by atoms with E-state index in [1.807, 2.05) is 13.8 Å². The fraction of sp³-hybridized carbons (Fsp3) is 0.389. The highest BCUT2D eigenvalue weighted by molar-refractivity contribution is 6.02.